The molecule has 2 unspecified atom stereocenters. The van der Waals surface area contributed by atoms with E-state index in [2.05, 4.69) is 37.7 Å². The van der Waals surface area contributed by atoms with Crippen LogP contribution in [-0.4, -0.2) is 45.0 Å². The van der Waals surface area contributed by atoms with Crippen LogP contribution in [0.25, 0.3) is 0 Å². The van der Waals surface area contributed by atoms with Gasteiger partial charge in [0.1, 0.15) is 0 Å². The summed E-state index contributed by atoms with van der Waals surface area (Å²) in [4.78, 5) is 18.4. The highest BCUT2D eigenvalue weighted by atomic mass is 15.4. The molecule has 2 atom stereocenters. The fourth-order valence-corrected chi connectivity index (χ4v) is 3.55. The second-order valence-corrected chi connectivity index (χ2v) is 6.39. The number of rotatable bonds is 3. The third kappa shape index (κ3) is 2.35. The average molecular weight is 295 g/mol. The number of piperazine rings is 1. The predicted octanol–water partition coefficient (Wildman–Crippen LogP) is 1.95. The summed E-state index contributed by atoms with van der Waals surface area (Å²) in [6.07, 6.45) is 5.03. The molecule has 0 aromatic carbocycles. The number of hydrogen-bond donors (Lipinski definition) is 0. The maximum Gasteiger partial charge on any atom is 0.225 e. The Kier molecular flexibility index (Phi) is 3.30. The third-order valence-corrected chi connectivity index (χ3v) is 4.86. The second kappa shape index (κ2) is 5.32. The molecular formula is C17H21N5. The van der Waals surface area contributed by atoms with E-state index in [1.165, 1.54) is 17.7 Å². The SMILES string of the molecule is Cc1ccnc(N2CC3CC(C2)N3Cc2ncccc2C)n1. The van der Waals surface area contributed by atoms with Gasteiger partial charge in [0.05, 0.1) is 5.69 Å². The number of pyridine rings is 1. The summed E-state index contributed by atoms with van der Waals surface area (Å²) in [6.45, 7) is 7.17. The van der Waals surface area contributed by atoms with Crippen LogP contribution in [0.2, 0.25) is 0 Å². The Morgan fingerprint density at radius 2 is 1.91 bits per heavy atom. The Hall–Kier alpha value is -2.01. The van der Waals surface area contributed by atoms with Crippen molar-refractivity contribution < 1.29 is 0 Å². The van der Waals surface area contributed by atoms with E-state index in [9.17, 15) is 0 Å². The molecule has 3 saturated heterocycles. The van der Waals surface area contributed by atoms with E-state index in [0.717, 1.165) is 31.3 Å². The lowest BCUT2D eigenvalue weighted by molar-refractivity contribution is -0.0101. The van der Waals surface area contributed by atoms with E-state index >= 15 is 0 Å². The lowest BCUT2D eigenvalue weighted by atomic mass is 9.87. The van der Waals surface area contributed by atoms with E-state index in [1.54, 1.807) is 0 Å². The van der Waals surface area contributed by atoms with E-state index in [-0.39, 0.29) is 0 Å². The normalized spacial score (nSPS) is 24.2. The first-order chi connectivity index (χ1) is 10.7. The van der Waals surface area contributed by atoms with Gasteiger partial charge in [-0.2, -0.15) is 0 Å². The number of hydrogen-bond acceptors (Lipinski definition) is 5. The van der Waals surface area contributed by atoms with Gasteiger partial charge < -0.3 is 4.90 Å². The van der Waals surface area contributed by atoms with Gasteiger partial charge in [-0.3, -0.25) is 9.88 Å². The van der Waals surface area contributed by atoms with Crippen LogP contribution in [0.3, 0.4) is 0 Å². The highest BCUT2D eigenvalue weighted by Gasteiger charge is 2.45. The molecule has 114 valence electrons. The molecule has 2 bridgehead atoms. The molecule has 5 rings (SSSR count). The molecular weight excluding hydrogens is 274 g/mol. The summed E-state index contributed by atoms with van der Waals surface area (Å²) in [7, 11) is 0. The number of piperidine rings is 1. The molecule has 0 amide bonds. The van der Waals surface area contributed by atoms with Crippen LogP contribution in [0.4, 0.5) is 5.95 Å². The lowest BCUT2D eigenvalue weighted by Gasteiger charge is -2.56. The number of fused-ring (bicyclic) bond motifs is 2. The maximum absolute atomic E-state index is 4.56. The quantitative estimate of drug-likeness (QED) is 0.866. The van der Waals surface area contributed by atoms with E-state index in [0.29, 0.717) is 12.1 Å². The third-order valence-electron chi connectivity index (χ3n) is 4.86. The van der Waals surface area contributed by atoms with Crippen LogP contribution in [-0.2, 0) is 6.54 Å². The molecule has 0 aliphatic carbocycles. The fraction of sp³-hybridized carbons (Fsp3) is 0.471. The number of aryl methyl sites for hydroxylation is 2. The van der Waals surface area contributed by atoms with Gasteiger partial charge in [0.2, 0.25) is 5.95 Å². The van der Waals surface area contributed by atoms with Crippen LogP contribution in [0.5, 0.6) is 0 Å². The summed E-state index contributed by atoms with van der Waals surface area (Å²) in [6, 6.07) is 7.30. The van der Waals surface area contributed by atoms with Gasteiger partial charge in [-0.05, 0) is 38.0 Å². The molecule has 0 saturated carbocycles. The predicted molar refractivity (Wildman–Crippen MR) is 85.7 cm³/mol. The zero-order chi connectivity index (χ0) is 15.1. The molecule has 5 heteroatoms. The Morgan fingerprint density at radius 3 is 2.64 bits per heavy atom. The van der Waals surface area contributed by atoms with Gasteiger partial charge in [-0.15, -0.1) is 0 Å². The largest absolute Gasteiger partial charge is 0.338 e. The van der Waals surface area contributed by atoms with Crippen molar-refractivity contribution in [3.8, 4) is 0 Å². The summed E-state index contributed by atoms with van der Waals surface area (Å²) in [5.41, 5.74) is 3.52. The van der Waals surface area contributed by atoms with Crippen LogP contribution in [0.1, 0.15) is 23.4 Å². The van der Waals surface area contributed by atoms with Gasteiger partial charge in [-0.25, -0.2) is 9.97 Å². The van der Waals surface area contributed by atoms with Crippen LogP contribution in [0, 0.1) is 13.8 Å². The smallest absolute Gasteiger partial charge is 0.225 e. The molecule has 3 aliphatic heterocycles. The standard InChI is InChI=1S/C17H21N5/c1-12-4-3-6-18-16(12)11-22-14-8-15(22)10-21(9-14)17-19-7-5-13(2)20-17/h3-7,14-15H,8-11H2,1-2H3. The van der Waals surface area contributed by atoms with Crippen molar-refractivity contribution in [1.29, 1.82) is 0 Å². The Labute approximate surface area is 131 Å². The van der Waals surface area contributed by atoms with Gasteiger partial charge >= 0.3 is 0 Å². The lowest BCUT2D eigenvalue weighted by Crippen LogP contribution is -2.68. The molecule has 0 radical (unpaired) electrons. The minimum Gasteiger partial charge on any atom is -0.338 e. The second-order valence-electron chi connectivity index (χ2n) is 6.39. The Bertz CT molecular complexity index is 674. The molecule has 3 fully saturated rings. The van der Waals surface area contributed by atoms with Crippen molar-refractivity contribution in [2.45, 2.75) is 38.9 Å². The van der Waals surface area contributed by atoms with Crippen molar-refractivity contribution in [1.82, 2.24) is 19.9 Å². The average Bonchev–Trinajstić information content (AvgIpc) is 2.54. The van der Waals surface area contributed by atoms with Crippen LogP contribution >= 0.6 is 0 Å². The first-order valence-corrected chi connectivity index (χ1v) is 7.91. The molecule has 5 nitrogen and oxygen atoms in total. The van der Waals surface area contributed by atoms with Gasteiger partial charge in [0.15, 0.2) is 0 Å². The summed E-state index contributed by atoms with van der Waals surface area (Å²) < 4.78 is 0. The molecule has 0 N–H and O–H groups in total. The van der Waals surface area contributed by atoms with Crippen LogP contribution < -0.4 is 4.90 Å². The topological polar surface area (TPSA) is 45.2 Å². The first kappa shape index (κ1) is 13.6. The van der Waals surface area contributed by atoms with Crippen molar-refractivity contribution >= 4 is 5.95 Å². The molecule has 22 heavy (non-hydrogen) atoms. The molecule has 2 aromatic rings. The molecule has 0 spiro atoms. The van der Waals surface area contributed by atoms with Crippen molar-refractivity contribution in [3.63, 3.8) is 0 Å². The van der Waals surface area contributed by atoms with Gasteiger partial charge in [0.25, 0.3) is 0 Å². The van der Waals surface area contributed by atoms with Crippen LogP contribution in [0.15, 0.2) is 30.6 Å². The van der Waals surface area contributed by atoms with Crippen molar-refractivity contribution in [2.75, 3.05) is 18.0 Å². The minimum absolute atomic E-state index is 0.601. The summed E-state index contributed by atoms with van der Waals surface area (Å²) >= 11 is 0. The molecule has 2 aromatic heterocycles. The zero-order valence-electron chi connectivity index (χ0n) is 13.1. The Morgan fingerprint density at radius 1 is 1.09 bits per heavy atom. The number of aromatic nitrogens is 3. The van der Waals surface area contributed by atoms with Crippen molar-refractivity contribution in [2.24, 2.45) is 0 Å². The zero-order valence-corrected chi connectivity index (χ0v) is 13.1. The van der Waals surface area contributed by atoms with E-state index < -0.39 is 0 Å². The monoisotopic (exact) mass is 295 g/mol. The Balaban J connectivity index is 1.46. The fourth-order valence-electron chi connectivity index (χ4n) is 3.55. The highest BCUT2D eigenvalue weighted by Crippen LogP contribution is 2.34. The van der Waals surface area contributed by atoms with Gasteiger partial charge in [0, 0.05) is 49.8 Å². The van der Waals surface area contributed by atoms with Crippen molar-refractivity contribution in [3.05, 3.63) is 47.5 Å². The molecule has 5 heterocycles. The van der Waals surface area contributed by atoms with E-state index in [4.69, 9.17) is 0 Å². The minimum atomic E-state index is 0.601. The van der Waals surface area contributed by atoms with E-state index in [1.807, 2.05) is 31.5 Å². The number of nitrogens with zero attached hydrogens (tertiary/aromatic N) is 5. The first-order valence-electron chi connectivity index (χ1n) is 7.91. The molecule has 3 aliphatic rings. The highest BCUT2D eigenvalue weighted by molar-refractivity contribution is 5.34. The summed E-state index contributed by atoms with van der Waals surface area (Å²) in [5, 5.41) is 0. The number of anilines is 1. The summed E-state index contributed by atoms with van der Waals surface area (Å²) in [5.74, 6) is 0.878. The van der Waals surface area contributed by atoms with Gasteiger partial charge in [-0.1, -0.05) is 6.07 Å². The maximum atomic E-state index is 4.56.